The maximum atomic E-state index is 12.1. The highest BCUT2D eigenvalue weighted by atomic mass is 79.9. The van der Waals surface area contributed by atoms with Crippen LogP contribution in [-0.2, 0) is 14.4 Å². The standard InChI is InChI=1S/C21H31BrN2O4/c1-3-4-5-6-7-8-19(25)24-15-20(26)23-14-13-16(2)21(27)28-18-11-9-17(22)10-12-18/h9-12,16H,3-8,13-15H2,1-2H3,(H,23,26)(H,24,25)/t16-/m1/s1. The highest BCUT2D eigenvalue weighted by Gasteiger charge is 2.15. The molecule has 2 amide bonds. The highest BCUT2D eigenvalue weighted by Crippen LogP contribution is 2.17. The van der Waals surface area contributed by atoms with Gasteiger partial charge in [0.2, 0.25) is 11.8 Å². The summed E-state index contributed by atoms with van der Waals surface area (Å²) < 4.78 is 6.21. The summed E-state index contributed by atoms with van der Waals surface area (Å²) in [5.41, 5.74) is 0. The van der Waals surface area contributed by atoms with Gasteiger partial charge in [-0.25, -0.2) is 0 Å². The molecule has 6 nitrogen and oxygen atoms in total. The fraction of sp³-hybridized carbons (Fsp3) is 0.571. The average Bonchev–Trinajstić information content (AvgIpc) is 2.67. The van der Waals surface area contributed by atoms with Crippen LogP contribution in [0.5, 0.6) is 5.75 Å². The third-order valence-electron chi connectivity index (χ3n) is 4.29. The van der Waals surface area contributed by atoms with E-state index in [2.05, 4.69) is 33.5 Å². The van der Waals surface area contributed by atoms with Crippen molar-refractivity contribution in [1.29, 1.82) is 0 Å². The van der Waals surface area contributed by atoms with Crippen LogP contribution in [0.3, 0.4) is 0 Å². The fourth-order valence-corrected chi connectivity index (χ4v) is 2.75. The van der Waals surface area contributed by atoms with Gasteiger partial charge >= 0.3 is 5.97 Å². The number of rotatable bonds is 13. The second-order valence-electron chi connectivity index (χ2n) is 6.86. The molecule has 0 saturated carbocycles. The lowest BCUT2D eigenvalue weighted by Crippen LogP contribution is -2.37. The normalized spacial score (nSPS) is 11.5. The van der Waals surface area contributed by atoms with Gasteiger partial charge in [0.15, 0.2) is 0 Å². The van der Waals surface area contributed by atoms with Gasteiger partial charge in [0.1, 0.15) is 5.75 Å². The Hall–Kier alpha value is -1.89. The first-order chi connectivity index (χ1) is 13.4. The van der Waals surface area contributed by atoms with Crippen LogP contribution in [0.2, 0.25) is 0 Å². The van der Waals surface area contributed by atoms with Crippen LogP contribution in [0.4, 0.5) is 0 Å². The quantitative estimate of drug-likeness (QED) is 0.268. The molecule has 156 valence electrons. The van der Waals surface area contributed by atoms with Crippen molar-refractivity contribution in [2.24, 2.45) is 5.92 Å². The van der Waals surface area contributed by atoms with Crippen molar-refractivity contribution < 1.29 is 19.1 Å². The second kappa shape index (κ2) is 14.2. The van der Waals surface area contributed by atoms with Crippen LogP contribution in [0.15, 0.2) is 28.7 Å². The highest BCUT2D eigenvalue weighted by molar-refractivity contribution is 9.10. The van der Waals surface area contributed by atoms with Gasteiger partial charge in [-0.05, 0) is 37.1 Å². The number of carbonyl (C=O) groups is 3. The zero-order valence-electron chi connectivity index (χ0n) is 16.8. The molecule has 1 atom stereocenters. The summed E-state index contributed by atoms with van der Waals surface area (Å²) in [5, 5.41) is 5.34. The Morgan fingerprint density at radius 1 is 1.00 bits per heavy atom. The van der Waals surface area contributed by atoms with Crippen LogP contribution < -0.4 is 15.4 Å². The van der Waals surface area contributed by atoms with Crippen molar-refractivity contribution in [3.8, 4) is 5.75 Å². The molecular weight excluding hydrogens is 424 g/mol. The van der Waals surface area contributed by atoms with Crippen LogP contribution in [0.25, 0.3) is 0 Å². The van der Waals surface area contributed by atoms with Gasteiger partial charge in [-0.1, -0.05) is 55.5 Å². The summed E-state index contributed by atoms with van der Waals surface area (Å²) >= 11 is 3.32. The molecule has 0 bridgehead atoms. The van der Waals surface area contributed by atoms with Crippen molar-refractivity contribution in [2.75, 3.05) is 13.1 Å². The Bertz CT molecular complexity index is 619. The first-order valence-electron chi connectivity index (χ1n) is 9.93. The molecule has 0 aliphatic heterocycles. The van der Waals surface area contributed by atoms with Gasteiger partial charge in [0.05, 0.1) is 12.5 Å². The van der Waals surface area contributed by atoms with Crippen molar-refractivity contribution in [1.82, 2.24) is 10.6 Å². The van der Waals surface area contributed by atoms with Crippen LogP contribution >= 0.6 is 15.9 Å². The number of unbranched alkanes of at least 4 members (excludes halogenated alkanes) is 4. The van der Waals surface area contributed by atoms with Crippen molar-refractivity contribution in [2.45, 2.75) is 58.8 Å². The summed E-state index contributed by atoms with van der Waals surface area (Å²) in [6.07, 6.45) is 6.33. The Balaban J connectivity index is 2.13. The van der Waals surface area contributed by atoms with E-state index >= 15 is 0 Å². The summed E-state index contributed by atoms with van der Waals surface area (Å²) in [7, 11) is 0. The Morgan fingerprint density at radius 2 is 1.68 bits per heavy atom. The van der Waals surface area contributed by atoms with E-state index in [1.807, 2.05) is 0 Å². The van der Waals surface area contributed by atoms with E-state index in [0.29, 0.717) is 25.1 Å². The summed E-state index contributed by atoms with van der Waals surface area (Å²) in [5.74, 6) is -0.554. The van der Waals surface area contributed by atoms with Crippen molar-refractivity contribution in [3.63, 3.8) is 0 Å². The van der Waals surface area contributed by atoms with Gasteiger partial charge < -0.3 is 15.4 Å². The lowest BCUT2D eigenvalue weighted by Gasteiger charge is -2.12. The average molecular weight is 455 g/mol. The number of ether oxygens (including phenoxy) is 1. The molecule has 1 rings (SSSR count). The number of nitrogens with one attached hydrogen (secondary N) is 2. The molecule has 0 heterocycles. The van der Waals surface area contributed by atoms with Gasteiger partial charge in [-0.3, -0.25) is 14.4 Å². The molecule has 0 unspecified atom stereocenters. The molecule has 7 heteroatoms. The van der Waals surface area contributed by atoms with Crippen molar-refractivity contribution >= 4 is 33.7 Å². The Kier molecular flexibility index (Phi) is 12.2. The number of amides is 2. The maximum absolute atomic E-state index is 12.1. The summed E-state index contributed by atoms with van der Waals surface area (Å²) in [6, 6.07) is 7.02. The maximum Gasteiger partial charge on any atom is 0.314 e. The van der Waals surface area contributed by atoms with E-state index in [4.69, 9.17) is 4.74 Å². The molecule has 0 aliphatic rings. The minimum absolute atomic E-state index is 0.0362. The van der Waals surface area contributed by atoms with Gasteiger partial charge in [-0.15, -0.1) is 0 Å². The number of halogens is 1. The van der Waals surface area contributed by atoms with Gasteiger partial charge in [0.25, 0.3) is 0 Å². The van der Waals surface area contributed by atoms with E-state index in [1.54, 1.807) is 31.2 Å². The number of esters is 1. The third kappa shape index (κ3) is 11.1. The minimum atomic E-state index is -0.346. The summed E-state index contributed by atoms with van der Waals surface area (Å²) in [4.78, 5) is 35.5. The third-order valence-corrected chi connectivity index (χ3v) is 4.82. The van der Waals surface area contributed by atoms with E-state index in [0.717, 1.165) is 23.7 Å². The van der Waals surface area contributed by atoms with Crippen LogP contribution in [0.1, 0.15) is 58.8 Å². The first-order valence-corrected chi connectivity index (χ1v) is 10.7. The molecular formula is C21H31BrN2O4. The Morgan fingerprint density at radius 3 is 2.36 bits per heavy atom. The Labute approximate surface area is 175 Å². The smallest absolute Gasteiger partial charge is 0.314 e. The van der Waals surface area contributed by atoms with Crippen molar-refractivity contribution in [3.05, 3.63) is 28.7 Å². The lowest BCUT2D eigenvalue weighted by atomic mass is 10.1. The molecule has 0 saturated heterocycles. The SMILES string of the molecule is CCCCCCCC(=O)NCC(=O)NCC[C@@H](C)C(=O)Oc1ccc(Br)cc1. The molecule has 0 aliphatic carbocycles. The number of hydrogen-bond donors (Lipinski definition) is 2. The topological polar surface area (TPSA) is 84.5 Å². The zero-order valence-corrected chi connectivity index (χ0v) is 18.3. The molecule has 28 heavy (non-hydrogen) atoms. The van der Waals surface area contributed by atoms with E-state index in [1.165, 1.54) is 12.8 Å². The summed E-state index contributed by atoms with van der Waals surface area (Å²) in [6.45, 7) is 4.22. The van der Waals surface area contributed by atoms with E-state index in [9.17, 15) is 14.4 Å². The van der Waals surface area contributed by atoms with Gasteiger partial charge in [-0.2, -0.15) is 0 Å². The van der Waals surface area contributed by atoms with Crippen LogP contribution in [-0.4, -0.2) is 30.9 Å². The zero-order chi connectivity index (χ0) is 20.8. The lowest BCUT2D eigenvalue weighted by molar-refractivity contribution is -0.138. The van der Waals surface area contributed by atoms with E-state index < -0.39 is 0 Å². The molecule has 0 fully saturated rings. The fourth-order valence-electron chi connectivity index (χ4n) is 2.48. The first kappa shape index (κ1) is 24.1. The predicted octanol–water partition coefficient (Wildman–Crippen LogP) is 3.97. The molecule has 0 spiro atoms. The number of hydrogen-bond acceptors (Lipinski definition) is 4. The minimum Gasteiger partial charge on any atom is -0.426 e. The predicted molar refractivity (Wildman–Crippen MR) is 113 cm³/mol. The van der Waals surface area contributed by atoms with E-state index in [-0.39, 0.29) is 30.2 Å². The monoisotopic (exact) mass is 454 g/mol. The second-order valence-corrected chi connectivity index (χ2v) is 7.77. The molecule has 0 radical (unpaired) electrons. The molecule has 2 N–H and O–H groups in total. The number of benzene rings is 1. The number of carbonyl (C=O) groups excluding carboxylic acids is 3. The molecule has 1 aromatic rings. The largest absolute Gasteiger partial charge is 0.426 e. The van der Waals surface area contributed by atoms with Crippen LogP contribution in [0, 0.1) is 5.92 Å². The molecule has 1 aromatic carbocycles. The molecule has 0 aromatic heterocycles. The van der Waals surface area contributed by atoms with Gasteiger partial charge in [0, 0.05) is 17.4 Å².